The topological polar surface area (TPSA) is 86.2 Å². The average molecular weight is 389 g/mol. The SMILES string of the molecule is NC=O.NC=O.[Cl][Sb]([Cl])([Cl])([Cl])[Cl]. The summed E-state index contributed by atoms with van der Waals surface area (Å²) in [6, 6.07) is 0. The van der Waals surface area contributed by atoms with Crippen LogP contribution < -0.4 is 11.5 Å². The molecule has 0 aromatic heterocycles. The molecule has 0 aliphatic heterocycles. The second-order valence-electron chi connectivity index (χ2n) is 0.911. The zero-order valence-electron chi connectivity index (χ0n) is 5.46. The molecule has 0 bridgehead atoms. The molecule has 0 aromatic carbocycles. The van der Waals surface area contributed by atoms with Crippen LogP contribution in [0.25, 0.3) is 0 Å². The number of hydrogen-bond donors (Lipinski definition) is 2. The van der Waals surface area contributed by atoms with E-state index in [9.17, 15) is 0 Å². The monoisotopic (exact) mass is 386 g/mol. The molecule has 10 heteroatoms. The van der Waals surface area contributed by atoms with Crippen molar-refractivity contribution in [3.63, 3.8) is 0 Å². The van der Waals surface area contributed by atoms with Crippen molar-refractivity contribution >= 4 is 68.7 Å². The predicted octanol–water partition coefficient (Wildman–Crippen LogP) is 1.27. The molecule has 2 amide bonds. The van der Waals surface area contributed by atoms with Gasteiger partial charge in [0.05, 0.1) is 0 Å². The van der Waals surface area contributed by atoms with E-state index in [2.05, 4.69) is 11.5 Å². The van der Waals surface area contributed by atoms with E-state index in [4.69, 9.17) is 53.7 Å². The fourth-order valence-corrected chi connectivity index (χ4v) is 0. The van der Waals surface area contributed by atoms with Crippen molar-refractivity contribution in [1.29, 1.82) is 0 Å². The Kier molecular flexibility index (Phi) is 13.8. The molecular weight excluding hydrogens is 383 g/mol. The van der Waals surface area contributed by atoms with E-state index in [1.165, 1.54) is 0 Å². The fraction of sp³-hybridized carbons (Fsp3) is 0. The molecule has 0 spiro atoms. The molecule has 0 atom stereocenters. The predicted molar refractivity (Wildman–Crippen MR) is 55.5 cm³/mol. The summed E-state index contributed by atoms with van der Waals surface area (Å²) in [5, 5.41) is 0. The maximum absolute atomic E-state index is 8.58. The minimum absolute atomic E-state index is 0.250. The number of nitrogens with two attached hydrogens (primary N) is 2. The summed E-state index contributed by atoms with van der Waals surface area (Å²) >= 11 is -4.33. The Labute approximate surface area is 88.8 Å². The molecule has 12 heavy (non-hydrogen) atoms. The van der Waals surface area contributed by atoms with Crippen LogP contribution in [0.4, 0.5) is 0 Å². The van der Waals surface area contributed by atoms with Gasteiger partial charge in [-0.05, 0) is 0 Å². The zero-order chi connectivity index (χ0) is 10.9. The third-order valence-electron chi connectivity index (χ3n) is 0. The third-order valence-corrected chi connectivity index (χ3v) is 0. The molecule has 0 aromatic rings. The minimum atomic E-state index is -4.33. The number of hydrogen-bond acceptors (Lipinski definition) is 2. The molecule has 4 nitrogen and oxygen atoms in total. The van der Waals surface area contributed by atoms with Gasteiger partial charge < -0.3 is 11.5 Å². The van der Waals surface area contributed by atoms with Crippen LogP contribution in [0.15, 0.2) is 0 Å². The van der Waals surface area contributed by atoms with E-state index in [0.717, 1.165) is 0 Å². The summed E-state index contributed by atoms with van der Waals surface area (Å²) in [4.78, 5) is 17.2. The van der Waals surface area contributed by atoms with Gasteiger partial charge in [-0.2, -0.15) is 0 Å². The Morgan fingerprint density at radius 1 is 0.833 bits per heavy atom. The van der Waals surface area contributed by atoms with Gasteiger partial charge in [-0.15, -0.1) is 0 Å². The second kappa shape index (κ2) is 8.79. The number of rotatable bonds is 0. The number of amides is 2. The van der Waals surface area contributed by atoms with Crippen molar-refractivity contribution in [3.05, 3.63) is 0 Å². The Morgan fingerprint density at radius 2 is 0.833 bits per heavy atom. The molecular formula is C2H6Cl5N2O2Sb. The summed E-state index contributed by atoms with van der Waals surface area (Å²) in [5.41, 5.74) is 8.33. The molecule has 0 aliphatic rings. The van der Waals surface area contributed by atoms with E-state index in [-0.39, 0.29) is 12.8 Å². The summed E-state index contributed by atoms with van der Waals surface area (Å²) in [5.74, 6) is 0. The van der Waals surface area contributed by atoms with Crippen LogP contribution in [0.2, 0.25) is 0 Å². The fourth-order valence-electron chi connectivity index (χ4n) is 0. The molecule has 0 saturated carbocycles. The van der Waals surface area contributed by atoms with Gasteiger partial charge >= 0.3 is 55.8 Å². The van der Waals surface area contributed by atoms with Gasteiger partial charge in [0.1, 0.15) is 0 Å². The molecule has 0 aliphatic carbocycles. The summed E-state index contributed by atoms with van der Waals surface area (Å²) < 4.78 is 0. The van der Waals surface area contributed by atoms with Crippen LogP contribution >= 0.6 is 44.1 Å². The summed E-state index contributed by atoms with van der Waals surface area (Å²) in [6.45, 7) is 0. The van der Waals surface area contributed by atoms with Crippen molar-refractivity contribution in [2.75, 3.05) is 0 Å². The van der Waals surface area contributed by atoms with E-state index in [1.807, 2.05) is 0 Å². The van der Waals surface area contributed by atoms with Crippen LogP contribution in [0.5, 0.6) is 0 Å². The van der Waals surface area contributed by atoms with Gasteiger partial charge in [0.2, 0.25) is 12.8 Å². The van der Waals surface area contributed by atoms with E-state index >= 15 is 0 Å². The van der Waals surface area contributed by atoms with Crippen LogP contribution in [0.1, 0.15) is 0 Å². The van der Waals surface area contributed by atoms with Gasteiger partial charge in [0.15, 0.2) is 0 Å². The molecule has 76 valence electrons. The molecule has 4 N–H and O–H groups in total. The molecule has 0 radical (unpaired) electrons. The van der Waals surface area contributed by atoms with Crippen molar-refractivity contribution in [1.82, 2.24) is 0 Å². The van der Waals surface area contributed by atoms with Crippen molar-refractivity contribution in [2.24, 2.45) is 11.5 Å². The van der Waals surface area contributed by atoms with Gasteiger partial charge in [0, 0.05) is 0 Å². The van der Waals surface area contributed by atoms with Crippen molar-refractivity contribution in [3.8, 4) is 0 Å². The number of carbonyl (C=O) groups is 2. The number of primary amides is 2. The zero-order valence-corrected chi connectivity index (χ0v) is 11.8. The van der Waals surface area contributed by atoms with Gasteiger partial charge in [0.25, 0.3) is 0 Å². The number of halogens is 5. The maximum atomic E-state index is 8.58. The Hall–Kier alpha value is 1.21. The van der Waals surface area contributed by atoms with Crippen LogP contribution in [-0.4, -0.2) is 24.5 Å². The second-order valence-corrected chi connectivity index (χ2v) is 38.8. The van der Waals surface area contributed by atoms with Crippen LogP contribution in [0, 0.1) is 0 Å². The van der Waals surface area contributed by atoms with Crippen LogP contribution in [-0.2, 0) is 9.59 Å². The third kappa shape index (κ3) is 800. The van der Waals surface area contributed by atoms with E-state index in [1.54, 1.807) is 0 Å². The molecule has 0 heterocycles. The summed E-state index contributed by atoms with van der Waals surface area (Å²) in [6.07, 6.45) is 0.500. The molecule has 0 saturated heterocycles. The van der Waals surface area contributed by atoms with Gasteiger partial charge in [-0.1, -0.05) is 0 Å². The Balaban J connectivity index is -0.000000115. The van der Waals surface area contributed by atoms with Gasteiger partial charge in [-0.3, -0.25) is 9.59 Å². The number of carbonyl (C=O) groups excluding carboxylic acids is 2. The molecule has 0 rings (SSSR count). The standard InChI is InChI=1S/2CH3NO.5ClH.Sb/c2*2-1-3;;;;;;/h2*1H,(H2,2,3);5*1H;/q;;;;;;;+5/p-5. The average Bonchev–Trinajstić information content (AvgIpc) is 1.59. The van der Waals surface area contributed by atoms with E-state index in [0.29, 0.717) is 0 Å². The van der Waals surface area contributed by atoms with Crippen molar-refractivity contribution < 1.29 is 9.59 Å². The normalized spacial score (nSPS) is 11.6. The van der Waals surface area contributed by atoms with E-state index < -0.39 is 11.7 Å². The Bertz CT molecular complexity index is 110. The first-order chi connectivity index (χ1) is 5.06. The van der Waals surface area contributed by atoms with Crippen molar-refractivity contribution in [2.45, 2.75) is 0 Å². The molecule has 0 fully saturated rings. The first-order valence-electron chi connectivity index (χ1n) is 1.98. The first-order valence-corrected chi connectivity index (χ1v) is 18.1. The summed E-state index contributed by atoms with van der Waals surface area (Å²) in [7, 11) is 25.2. The van der Waals surface area contributed by atoms with Gasteiger partial charge in [-0.25, -0.2) is 0 Å². The van der Waals surface area contributed by atoms with Crippen LogP contribution in [0.3, 0.4) is 0 Å². The molecule has 0 unspecified atom stereocenters. The quantitative estimate of drug-likeness (QED) is 0.483. The Morgan fingerprint density at radius 3 is 0.833 bits per heavy atom. The first kappa shape index (κ1) is 18.9.